The van der Waals surface area contributed by atoms with Gasteiger partial charge in [0.05, 0.1) is 23.2 Å². The Balaban J connectivity index is 1.39. The van der Waals surface area contributed by atoms with E-state index in [4.69, 9.17) is 9.72 Å². The molecule has 0 saturated heterocycles. The normalized spacial score (nSPS) is 13.4. The highest BCUT2D eigenvalue weighted by Gasteiger charge is 2.17. The Hall–Kier alpha value is -3.52. The molecule has 0 fully saturated rings. The molecular weight excluding hydrogens is 448 g/mol. The van der Waals surface area contributed by atoms with Gasteiger partial charge in [-0.1, -0.05) is 6.42 Å². The summed E-state index contributed by atoms with van der Waals surface area (Å²) in [6.07, 6.45) is 3.90. The number of carbonyl (C=O) groups excluding carboxylic acids is 1. The molecule has 1 N–H and O–H groups in total. The SMILES string of the molecule is CCOc1ccc(-c2nc(NC(=O)c3ccc4c(=O)n5c(nc4c3)CCCCC5)sc2C)cc1. The first-order valence-corrected chi connectivity index (χ1v) is 12.4. The smallest absolute Gasteiger partial charge is 0.261 e. The number of fused-ring (bicyclic) bond motifs is 2. The molecule has 5 rings (SSSR count). The van der Waals surface area contributed by atoms with Crippen molar-refractivity contribution in [3.63, 3.8) is 0 Å². The molecule has 2 aromatic carbocycles. The maximum absolute atomic E-state index is 13.0. The predicted octanol–water partition coefficient (Wildman–Crippen LogP) is 5.21. The van der Waals surface area contributed by atoms with Crippen LogP contribution in [0.1, 0.15) is 47.2 Å². The van der Waals surface area contributed by atoms with Crippen molar-refractivity contribution in [3.8, 4) is 17.0 Å². The molecule has 1 aliphatic rings. The van der Waals surface area contributed by atoms with Crippen LogP contribution in [0, 0.1) is 6.92 Å². The van der Waals surface area contributed by atoms with Gasteiger partial charge in [0.25, 0.3) is 11.5 Å². The molecule has 0 saturated carbocycles. The fourth-order valence-corrected chi connectivity index (χ4v) is 5.15. The topological polar surface area (TPSA) is 86.1 Å². The van der Waals surface area contributed by atoms with Crippen LogP contribution >= 0.6 is 11.3 Å². The second kappa shape index (κ2) is 9.38. The number of benzene rings is 2. The number of nitrogens with one attached hydrogen (secondary N) is 1. The summed E-state index contributed by atoms with van der Waals surface area (Å²) < 4.78 is 7.30. The van der Waals surface area contributed by atoms with Gasteiger partial charge in [-0.05, 0) is 69.2 Å². The molecule has 0 atom stereocenters. The standard InChI is InChI=1S/C26H26N4O3S/c1-3-33-19-11-8-17(9-12-19)23-16(2)34-26(28-23)29-24(31)18-10-13-20-21(15-18)27-22-7-5-4-6-14-30(22)25(20)32/h8-13,15H,3-7,14H2,1-2H3,(H,28,29,31). The van der Waals surface area contributed by atoms with E-state index in [1.165, 1.54) is 11.3 Å². The summed E-state index contributed by atoms with van der Waals surface area (Å²) in [4.78, 5) is 36.3. The van der Waals surface area contributed by atoms with E-state index in [2.05, 4.69) is 10.3 Å². The molecule has 7 nitrogen and oxygen atoms in total. The first-order chi connectivity index (χ1) is 16.5. The molecule has 0 aliphatic carbocycles. The number of hydrogen-bond donors (Lipinski definition) is 1. The monoisotopic (exact) mass is 474 g/mol. The van der Waals surface area contributed by atoms with Gasteiger partial charge >= 0.3 is 0 Å². The number of aromatic nitrogens is 3. The number of aryl methyl sites for hydroxylation is 2. The molecule has 0 unspecified atom stereocenters. The fraction of sp³-hybridized carbons (Fsp3) is 0.308. The minimum Gasteiger partial charge on any atom is -0.494 e. The van der Waals surface area contributed by atoms with Gasteiger partial charge in [-0.3, -0.25) is 19.5 Å². The van der Waals surface area contributed by atoms with Crippen LogP contribution in [0.15, 0.2) is 47.3 Å². The van der Waals surface area contributed by atoms with Crippen LogP contribution in [0.4, 0.5) is 5.13 Å². The fourth-order valence-electron chi connectivity index (χ4n) is 4.32. The third-order valence-electron chi connectivity index (χ3n) is 6.03. The molecule has 8 heteroatoms. The maximum atomic E-state index is 13.0. The largest absolute Gasteiger partial charge is 0.494 e. The van der Waals surface area contributed by atoms with Gasteiger partial charge in [-0.15, -0.1) is 11.3 Å². The Morgan fingerprint density at radius 3 is 2.74 bits per heavy atom. The lowest BCUT2D eigenvalue weighted by atomic mass is 10.1. The summed E-state index contributed by atoms with van der Waals surface area (Å²) in [5.74, 6) is 1.35. The van der Waals surface area contributed by atoms with E-state index in [-0.39, 0.29) is 11.5 Å². The van der Waals surface area contributed by atoms with Crippen molar-refractivity contribution >= 4 is 33.3 Å². The highest BCUT2D eigenvalue weighted by molar-refractivity contribution is 7.16. The van der Waals surface area contributed by atoms with Gasteiger partial charge in [0.1, 0.15) is 11.6 Å². The zero-order valence-electron chi connectivity index (χ0n) is 19.3. The number of rotatable bonds is 5. The quantitative estimate of drug-likeness (QED) is 0.429. The van der Waals surface area contributed by atoms with Gasteiger partial charge in [0.2, 0.25) is 0 Å². The van der Waals surface area contributed by atoms with Crippen molar-refractivity contribution in [2.45, 2.75) is 46.1 Å². The second-order valence-corrected chi connectivity index (χ2v) is 9.57. The van der Waals surface area contributed by atoms with Crippen molar-refractivity contribution in [2.24, 2.45) is 0 Å². The average Bonchev–Trinajstić information content (AvgIpc) is 3.03. The van der Waals surface area contributed by atoms with Crippen molar-refractivity contribution < 1.29 is 9.53 Å². The van der Waals surface area contributed by atoms with Crippen LogP contribution < -0.4 is 15.6 Å². The Morgan fingerprint density at radius 2 is 1.94 bits per heavy atom. The summed E-state index contributed by atoms with van der Waals surface area (Å²) >= 11 is 1.43. The molecule has 4 aromatic rings. The number of nitrogens with zero attached hydrogens (tertiary/aromatic N) is 3. The lowest BCUT2D eigenvalue weighted by molar-refractivity contribution is 0.102. The lowest BCUT2D eigenvalue weighted by Gasteiger charge is -2.10. The molecule has 174 valence electrons. The summed E-state index contributed by atoms with van der Waals surface area (Å²) in [6, 6.07) is 12.9. The van der Waals surface area contributed by atoms with E-state index in [0.717, 1.165) is 53.4 Å². The van der Waals surface area contributed by atoms with Crippen LogP contribution in [0.2, 0.25) is 0 Å². The molecule has 0 spiro atoms. The Morgan fingerprint density at radius 1 is 1.12 bits per heavy atom. The van der Waals surface area contributed by atoms with Gasteiger partial charge in [-0.25, -0.2) is 9.97 Å². The van der Waals surface area contributed by atoms with Crippen LogP contribution in [0.3, 0.4) is 0 Å². The Kier molecular flexibility index (Phi) is 6.15. The number of thiazole rings is 1. The third-order valence-corrected chi connectivity index (χ3v) is 6.92. The number of anilines is 1. The zero-order valence-corrected chi connectivity index (χ0v) is 20.1. The van der Waals surface area contributed by atoms with Crippen LogP contribution in [-0.2, 0) is 13.0 Å². The van der Waals surface area contributed by atoms with Gasteiger partial charge < -0.3 is 4.74 Å². The van der Waals surface area contributed by atoms with Crippen LogP contribution in [0.5, 0.6) is 5.75 Å². The third kappa shape index (κ3) is 4.33. The lowest BCUT2D eigenvalue weighted by Crippen LogP contribution is -2.24. The Labute approximate surface area is 201 Å². The van der Waals surface area contributed by atoms with Crippen molar-refractivity contribution in [2.75, 3.05) is 11.9 Å². The summed E-state index contributed by atoms with van der Waals surface area (Å²) in [5.41, 5.74) is 2.79. The number of ether oxygens (including phenoxy) is 1. The van der Waals surface area contributed by atoms with E-state index in [1.807, 2.05) is 38.1 Å². The average molecular weight is 475 g/mol. The maximum Gasteiger partial charge on any atom is 0.261 e. The molecule has 0 bridgehead atoms. The summed E-state index contributed by atoms with van der Waals surface area (Å²) in [5, 5.41) is 3.98. The van der Waals surface area contributed by atoms with Gasteiger partial charge in [0.15, 0.2) is 5.13 Å². The minimum atomic E-state index is -0.272. The van der Waals surface area contributed by atoms with E-state index >= 15 is 0 Å². The number of carbonyl (C=O) groups is 1. The molecule has 34 heavy (non-hydrogen) atoms. The van der Waals surface area contributed by atoms with E-state index in [0.29, 0.717) is 34.7 Å². The van der Waals surface area contributed by atoms with Crippen molar-refractivity contribution in [1.82, 2.24) is 14.5 Å². The van der Waals surface area contributed by atoms with Crippen molar-refractivity contribution in [1.29, 1.82) is 0 Å². The molecule has 0 radical (unpaired) electrons. The minimum absolute atomic E-state index is 0.0237. The molecular formula is C26H26N4O3S. The molecule has 1 amide bonds. The van der Waals surface area contributed by atoms with E-state index in [1.54, 1.807) is 22.8 Å². The van der Waals surface area contributed by atoms with Crippen LogP contribution in [-0.4, -0.2) is 27.0 Å². The molecule has 1 aliphatic heterocycles. The van der Waals surface area contributed by atoms with Gasteiger partial charge in [-0.2, -0.15) is 0 Å². The molecule has 2 aromatic heterocycles. The van der Waals surface area contributed by atoms with Crippen LogP contribution in [0.25, 0.3) is 22.2 Å². The Bertz CT molecular complexity index is 1420. The van der Waals surface area contributed by atoms with E-state index in [9.17, 15) is 9.59 Å². The first kappa shape index (κ1) is 22.3. The second-order valence-electron chi connectivity index (χ2n) is 8.36. The predicted molar refractivity (Wildman–Crippen MR) is 135 cm³/mol. The zero-order chi connectivity index (χ0) is 23.7. The van der Waals surface area contributed by atoms with Crippen molar-refractivity contribution in [3.05, 3.63) is 69.1 Å². The highest BCUT2D eigenvalue weighted by Crippen LogP contribution is 2.31. The summed E-state index contributed by atoms with van der Waals surface area (Å²) in [7, 11) is 0. The first-order valence-electron chi connectivity index (χ1n) is 11.6. The summed E-state index contributed by atoms with van der Waals surface area (Å²) in [6.45, 7) is 5.26. The number of hydrogen-bond acceptors (Lipinski definition) is 6. The molecule has 3 heterocycles. The number of amides is 1. The van der Waals surface area contributed by atoms with E-state index < -0.39 is 0 Å². The highest BCUT2D eigenvalue weighted by atomic mass is 32.1. The van der Waals surface area contributed by atoms with Gasteiger partial charge in [0, 0.05) is 29.0 Å².